The third-order valence-electron chi connectivity index (χ3n) is 8.83. The maximum absolute atomic E-state index is 13.7. The molecule has 1 heterocycles. The number of hydrogen-bond acceptors (Lipinski definition) is 6. The first-order valence-electron chi connectivity index (χ1n) is 14.6. The minimum atomic E-state index is -4.82. The molecular weight excluding hydrogens is 631 g/mol. The van der Waals surface area contributed by atoms with Gasteiger partial charge in [-0.05, 0) is 70.1 Å². The molecule has 4 aromatic carbocycles. The highest BCUT2D eigenvalue weighted by Gasteiger charge is 2.53. The van der Waals surface area contributed by atoms with Gasteiger partial charge in [0.05, 0.1) is 17.5 Å². The van der Waals surface area contributed by atoms with Gasteiger partial charge in [-0.15, -0.1) is 0 Å². The van der Waals surface area contributed by atoms with Crippen LogP contribution in [0.15, 0.2) is 95.9 Å². The predicted octanol–water partition coefficient (Wildman–Crippen LogP) is 6.88. The van der Waals surface area contributed by atoms with E-state index < -0.39 is 39.5 Å². The highest BCUT2D eigenvalue weighted by molar-refractivity contribution is 7.90. The van der Waals surface area contributed by atoms with E-state index in [2.05, 4.69) is 5.32 Å². The lowest BCUT2D eigenvalue weighted by Crippen LogP contribution is -2.38. The summed E-state index contributed by atoms with van der Waals surface area (Å²) in [6.07, 6.45) is -4.57. The van der Waals surface area contributed by atoms with Crippen LogP contribution in [0.25, 0.3) is 11.1 Å². The lowest BCUT2D eigenvalue weighted by molar-refractivity contribution is -0.168. The van der Waals surface area contributed by atoms with Crippen LogP contribution < -0.4 is 5.32 Å². The molecule has 0 spiro atoms. The summed E-state index contributed by atoms with van der Waals surface area (Å²) in [6, 6.07) is 24.7. The Balaban J connectivity index is 1.27. The molecule has 2 unspecified atom stereocenters. The number of fused-ring (bicyclic) bond motifs is 4. The second kappa shape index (κ2) is 11.6. The summed E-state index contributed by atoms with van der Waals surface area (Å²) < 4.78 is 71.1. The van der Waals surface area contributed by atoms with Crippen molar-refractivity contribution in [1.29, 1.82) is 5.26 Å². The fraction of sp³-hybridized carbons (Fsp3) is 0.229. The van der Waals surface area contributed by atoms with Crippen LogP contribution in [0, 0.1) is 11.3 Å². The van der Waals surface area contributed by atoms with Crippen LogP contribution >= 0.6 is 0 Å². The Bertz CT molecular complexity index is 2010. The number of hydrogen-bond donors (Lipinski definition) is 1. The van der Waals surface area contributed by atoms with Gasteiger partial charge >= 0.3 is 12.3 Å². The summed E-state index contributed by atoms with van der Waals surface area (Å²) in [5.74, 6) is -0.925. The molecule has 0 radical (unpaired) electrons. The van der Waals surface area contributed by atoms with Crippen LogP contribution in [0.2, 0.25) is 0 Å². The smallest absolute Gasteiger partial charge is 0.411 e. The van der Waals surface area contributed by atoms with Gasteiger partial charge in [0.1, 0.15) is 12.6 Å². The zero-order chi connectivity index (χ0) is 33.7. The first kappa shape index (κ1) is 31.8. The Morgan fingerprint density at radius 3 is 2.09 bits per heavy atom. The number of benzene rings is 4. The van der Waals surface area contributed by atoms with Gasteiger partial charge in [0.25, 0.3) is 5.91 Å². The third kappa shape index (κ3) is 5.61. The number of rotatable bonds is 6. The molecule has 240 valence electrons. The van der Waals surface area contributed by atoms with Gasteiger partial charge < -0.3 is 10.1 Å². The summed E-state index contributed by atoms with van der Waals surface area (Å²) in [4.78, 5) is 28.7. The topological polar surface area (TPSA) is 117 Å². The van der Waals surface area contributed by atoms with Crippen molar-refractivity contribution in [2.24, 2.45) is 0 Å². The molecule has 0 bridgehead atoms. The minimum Gasteiger partial charge on any atom is -0.448 e. The molecule has 6 rings (SSSR count). The van der Waals surface area contributed by atoms with E-state index in [1.165, 1.54) is 41.3 Å². The van der Waals surface area contributed by atoms with Gasteiger partial charge in [-0.1, -0.05) is 66.7 Å². The molecule has 0 aromatic heterocycles. The zero-order valence-electron chi connectivity index (χ0n) is 25.2. The number of amides is 2. The van der Waals surface area contributed by atoms with Crippen LogP contribution in [-0.4, -0.2) is 44.4 Å². The van der Waals surface area contributed by atoms with E-state index in [9.17, 15) is 36.4 Å². The molecule has 0 saturated heterocycles. The molecule has 12 heteroatoms. The molecule has 47 heavy (non-hydrogen) atoms. The molecule has 8 nitrogen and oxygen atoms in total. The second-order valence-electron chi connectivity index (χ2n) is 11.8. The van der Waals surface area contributed by atoms with Crippen LogP contribution in [0.4, 0.5) is 23.7 Å². The normalized spacial score (nSPS) is 16.8. The fourth-order valence-corrected chi connectivity index (χ4v) is 6.85. The Hall–Kier alpha value is -5.15. The van der Waals surface area contributed by atoms with Crippen LogP contribution in [0.3, 0.4) is 0 Å². The Kier molecular flexibility index (Phi) is 7.84. The van der Waals surface area contributed by atoms with E-state index >= 15 is 0 Å². The number of halogens is 3. The van der Waals surface area contributed by atoms with Gasteiger partial charge in [-0.25, -0.2) is 13.2 Å². The van der Waals surface area contributed by atoms with Gasteiger partial charge in [0, 0.05) is 17.9 Å². The van der Waals surface area contributed by atoms with Crippen LogP contribution in [0.5, 0.6) is 0 Å². The lowest BCUT2D eigenvalue weighted by atomic mass is 9.83. The van der Waals surface area contributed by atoms with Crippen molar-refractivity contribution >= 4 is 27.5 Å². The molecule has 2 aliphatic rings. The van der Waals surface area contributed by atoms with Crippen molar-refractivity contribution < 1.29 is 35.9 Å². The maximum Gasteiger partial charge on any atom is 0.411 e. The van der Waals surface area contributed by atoms with E-state index in [0.717, 1.165) is 47.6 Å². The van der Waals surface area contributed by atoms with E-state index in [0.29, 0.717) is 11.1 Å². The van der Waals surface area contributed by atoms with Gasteiger partial charge in [0.15, 0.2) is 15.3 Å². The molecule has 1 aliphatic carbocycles. The number of nitrogens with one attached hydrogen (secondary N) is 1. The van der Waals surface area contributed by atoms with E-state index in [1.807, 2.05) is 48.5 Å². The second-order valence-corrected chi connectivity index (χ2v) is 13.8. The standard InChI is InChI=1S/C35H28F3N3O5S/c1-34(20-39,35(36,37)38)22-11-13-23(14-12-22)40-32(42)31-25-16-15-24(47(2,44)45)17-21(25)18-41(31)33(43)46-19-30-28-9-5-3-7-26(28)27-8-4-6-10-29(27)30/h3-17,30-31H,18-19H2,1-2H3,(H,40,42). The Morgan fingerprint density at radius 2 is 1.53 bits per heavy atom. The van der Waals surface area contributed by atoms with Crippen molar-refractivity contribution in [2.75, 3.05) is 18.2 Å². The number of carbonyl (C=O) groups excluding carboxylic acids is 2. The first-order chi connectivity index (χ1) is 22.2. The van der Waals surface area contributed by atoms with Crippen molar-refractivity contribution in [3.05, 3.63) is 119 Å². The number of alkyl halides is 3. The average Bonchev–Trinajstić information content (AvgIpc) is 3.58. The number of nitrogens with zero attached hydrogens (tertiary/aromatic N) is 2. The summed E-state index contributed by atoms with van der Waals surface area (Å²) in [7, 11) is -3.59. The minimum absolute atomic E-state index is 0.0129. The molecule has 1 aliphatic heterocycles. The molecule has 0 fully saturated rings. The summed E-state index contributed by atoms with van der Waals surface area (Å²) in [6.45, 7) is 0.645. The van der Waals surface area contributed by atoms with Crippen molar-refractivity contribution in [1.82, 2.24) is 4.90 Å². The number of sulfone groups is 1. The molecule has 2 amide bonds. The average molecular weight is 660 g/mol. The number of ether oxygens (including phenoxy) is 1. The molecule has 2 atom stereocenters. The predicted molar refractivity (Wildman–Crippen MR) is 167 cm³/mol. The maximum atomic E-state index is 13.7. The SMILES string of the molecule is CC(C#N)(c1ccc(NC(=O)C2c3ccc(S(C)(=O)=O)cc3CN2C(=O)OCC2c3ccccc3-c3ccccc32)cc1)C(F)(F)F. The molecular formula is C35H28F3N3O5S. The summed E-state index contributed by atoms with van der Waals surface area (Å²) in [5.41, 5.74) is 1.98. The summed E-state index contributed by atoms with van der Waals surface area (Å²) in [5, 5.41) is 11.9. The third-order valence-corrected chi connectivity index (χ3v) is 9.94. The largest absolute Gasteiger partial charge is 0.448 e. The van der Waals surface area contributed by atoms with E-state index in [1.54, 1.807) is 0 Å². The highest BCUT2D eigenvalue weighted by Crippen LogP contribution is 2.45. The molecule has 0 saturated carbocycles. The Morgan fingerprint density at radius 1 is 0.936 bits per heavy atom. The van der Waals surface area contributed by atoms with Crippen molar-refractivity contribution in [2.45, 2.75) is 41.9 Å². The summed E-state index contributed by atoms with van der Waals surface area (Å²) >= 11 is 0. The van der Waals surface area contributed by atoms with Crippen LogP contribution in [0.1, 0.15) is 46.7 Å². The van der Waals surface area contributed by atoms with E-state index in [4.69, 9.17) is 4.74 Å². The molecule has 4 aromatic rings. The zero-order valence-corrected chi connectivity index (χ0v) is 26.0. The first-order valence-corrected chi connectivity index (χ1v) is 16.5. The fourth-order valence-electron chi connectivity index (χ4n) is 6.18. The Labute approximate surface area is 269 Å². The van der Waals surface area contributed by atoms with Crippen molar-refractivity contribution in [3.63, 3.8) is 0 Å². The lowest BCUT2D eigenvalue weighted by Gasteiger charge is -2.26. The molecule has 1 N–H and O–H groups in total. The number of nitriles is 1. The van der Waals surface area contributed by atoms with E-state index in [-0.39, 0.29) is 35.2 Å². The van der Waals surface area contributed by atoms with Crippen molar-refractivity contribution in [3.8, 4) is 17.2 Å². The number of anilines is 1. The number of carbonyl (C=O) groups is 2. The van der Waals surface area contributed by atoms with Gasteiger partial charge in [0.2, 0.25) is 0 Å². The highest BCUT2D eigenvalue weighted by atomic mass is 32.2. The van der Waals surface area contributed by atoms with Gasteiger partial charge in [-0.3, -0.25) is 9.69 Å². The quantitative estimate of drug-likeness (QED) is 0.241. The van der Waals surface area contributed by atoms with Crippen LogP contribution in [-0.2, 0) is 31.3 Å². The van der Waals surface area contributed by atoms with Gasteiger partial charge in [-0.2, -0.15) is 18.4 Å². The monoisotopic (exact) mass is 659 g/mol.